The number of fused-ring (bicyclic) bond motifs is 1. The zero-order chi connectivity index (χ0) is 15.1. The molecule has 0 amide bonds. The van der Waals surface area contributed by atoms with Gasteiger partial charge in [0, 0.05) is 16.5 Å². The molecule has 0 aliphatic carbocycles. The van der Waals surface area contributed by atoms with Crippen molar-refractivity contribution in [2.75, 3.05) is 0 Å². The summed E-state index contributed by atoms with van der Waals surface area (Å²) in [6, 6.07) is 10.2. The minimum atomic E-state index is -0.489. The number of rotatable bonds is 1. The molecule has 110 valence electrons. The molecule has 0 fully saturated rings. The van der Waals surface area contributed by atoms with Crippen LogP contribution >= 0.6 is 15.9 Å². The number of hydrogen-bond donors (Lipinski definition) is 1. The van der Waals surface area contributed by atoms with Gasteiger partial charge in [0.25, 0.3) is 0 Å². The van der Waals surface area contributed by atoms with Crippen LogP contribution in [0.3, 0.4) is 0 Å². The van der Waals surface area contributed by atoms with E-state index in [-0.39, 0.29) is 6.10 Å². The van der Waals surface area contributed by atoms with Crippen LogP contribution in [0.2, 0.25) is 0 Å². The summed E-state index contributed by atoms with van der Waals surface area (Å²) < 4.78 is 7.13. The molecule has 1 aliphatic rings. The maximum absolute atomic E-state index is 10.5. The Bertz CT molecular complexity index is 671. The zero-order valence-electron chi connectivity index (χ0n) is 12.5. The van der Waals surface area contributed by atoms with E-state index in [1.165, 1.54) is 22.3 Å². The van der Waals surface area contributed by atoms with Crippen molar-refractivity contribution in [3.63, 3.8) is 0 Å². The van der Waals surface area contributed by atoms with E-state index in [2.05, 4.69) is 48.8 Å². The molecular weight excluding hydrogens is 328 g/mol. The van der Waals surface area contributed by atoms with Crippen LogP contribution < -0.4 is 4.74 Å². The van der Waals surface area contributed by atoms with Crippen molar-refractivity contribution >= 4 is 15.9 Å². The molecule has 1 aliphatic heterocycles. The van der Waals surface area contributed by atoms with Crippen molar-refractivity contribution in [1.82, 2.24) is 0 Å². The maximum Gasteiger partial charge on any atom is 0.127 e. The minimum absolute atomic E-state index is 0.0886. The van der Waals surface area contributed by atoms with E-state index in [4.69, 9.17) is 4.74 Å². The van der Waals surface area contributed by atoms with E-state index in [1.54, 1.807) is 0 Å². The van der Waals surface area contributed by atoms with Crippen LogP contribution in [-0.4, -0.2) is 5.11 Å². The van der Waals surface area contributed by atoms with Crippen LogP contribution in [0.25, 0.3) is 0 Å². The van der Waals surface area contributed by atoms with Crippen LogP contribution in [0.5, 0.6) is 5.75 Å². The van der Waals surface area contributed by atoms with E-state index in [0.717, 1.165) is 15.8 Å². The fourth-order valence-electron chi connectivity index (χ4n) is 3.29. The number of aliphatic hydroxyl groups is 1. The van der Waals surface area contributed by atoms with Crippen molar-refractivity contribution in [3.8, 4) is 5.75 Å². The Morgan fingerprint density at radius 1 is 1.10 bits per heavy atom. The van der Waals surface area contributed by atoms with Gasteiger partial charge in [0.1, 0.15) is 11.9 Å². The largest absolute Gasteiger partial charge is 0.485 e. The third kappa shape index (κ3) is 2.72. The number of aliphatic hydroxyl groups excluding tert-OH is 1. The van der Waals surface area contributed by atoms with Gasteiger partial charge < -0.3 is 9.84 Å². The van der Waals surface area contributed by atoms with Crippen molar-refractivity contribution in [3.05, 3.63) is 62.6 Å². The molecule has 2 nitrogen and oxygen atoms in total. The second-order valence-electron chi connectivity index (χ2n) is 5.85. The van der Waals surface area contributed by atoms with Crippen LogP contribution in [0.4, 0.5) is 0 Å². The summed E-state index contributed by atoms with van der Waals surface area (Å²) in [6.45, 7) is 6.33. The molecule has 0 radical (unpaired) electrons. The molecule has 1 unspecified atom stereocenters. The van der Waals surface area contributed by atoms with Crippen LogP contribution in [-0.2, 0) is 0 Å². The van der Waals surface area contributed by atoms with Gasteiger partial charge in [-0.05, 0) is 55.7 Å². The average Bonchev–Trinajstić information content (AvgIpc) is 2.38. The first-order chi connectivity index (χ1) is 9.95. The highest BCUT2D eigenvalue weighted by molar-refractivity contribution is 9.10. The van der Waals surface area contributed by atoms with E-state index >= 15 is 0 Å². The van der Waals surface area contributed by atoms with Crippen molar-refractivity contribution in [1.29, 1.82) is 0 Å². The predicted octanol–water partition coefficient (Wildman–Crippen LogP) is 4.93. The minimum Gasteiger partial charge on any atom is -0.485 e. The highest BCUT2D eigenvalue weighted by Gasteiger charge is 2.29. The van der Waals surface area contributed by atoms with E-state index < -0.39 is 6.10 Å². The van der Waals surface area contributed by atoms with Crippen LogP contribution in [0.15, 0.2) is 34.8 Å². The molecule has 3 rings (SSSR count). The van der Waals surface area contributed by atoms with Crippen molar-refractivity contribution < 1.29 is 9.84 Å². The number of ether oxygens (including phenoxy) is 1. The first-order valence-corrected chi connectivity index (χ1v) is 7.97. The third-order valence-corrected chi connectivity index (χ3v) is 4.59. The summed E-state index contributed by atoms with van der Waals surface area (Å²) in [6.07, 6.45) is 0.0133. The Morgan fingerprint density at radius 3 is 2.43 bits per heavy atom. The molecule has 3 heteroatoms. The lowest BCUT2D eigenvalue weighted by molar-refractivity contribution is 0.0651. The first-order valence-electron chi connectivity index (χ1n) is 7.17. The summed E-state index contributed by atoms with van der Waals surface area (Å²) >= 11 is 3.44. The van der Waals surface area contributed by atoms with E-state index in [0.29, 0.717) is 6.42 Å². The van der Waals surface area contributed by atoms with Gasteiger partial charge in [-0.25, -0.2) is 0 Å². The molecule has 0 saturated carbocycles. The van der Waals surface area contributed by atoms with Crippen LogP contribution in [0.1, 0.15) is 46.4 Å². The van der Waals surface area contributed by atoms with Gasteiger partial charge in [-0.1, -0.05) is 33.6 Å². The molecule has 1 heterocycles. The number of hydrogen-bond acceptors (Lipinski definition) is 2. The fraction of sp³-hybridized carbons (Fsp3) is 0.333. The molecule has 2 atom stereocenters. The zero-order valence-corrected chi connectivity index (χ0v) is 14.1. The lowest BCUT2D eigenvalue weighted by Gasteiger charge is -2.32. The van der Waals surface area contributed by atoms with Gasteiger partial charge in [-0.3, -0.25) is 0 Å². The summed E-state index contributed by atoms with van der Waals surface area (Å²) in [5, 5.41) is 10.5. The number of aryl methyl sites for hydroxylation is 3. The highest BCUT2D eigenvalue weighted by Crippen LogP contribution is 2.43. The third-order valence-electron chi connectivity index (χ3n) is 4.10. The SMILES string of the molecule is Cc1cc(C)c(C2C[C@H](O)c3cc(Br)ccc3O2)c(C)c1. The standard InChI is InChI=1S/C18H19BrO2/c1-10-6-11(2)18(12(3)7-10)17-9-15(20)14-8-13(19)4-5-16(14)21-17/h4-8,15,17,20H,9H2,1-3H3/t15-,17?/m0/s1. The second kappa shape index (κ2) is 5.47. The Kier molecular flexibility index (Phi) is 3.80. The van der Waals surface area contributed by atoms with E-state index in [1.807, 2.05) is 18.2 Å². The number of benzene rings is 2. The normalized spacial score (nSPS) is 20.8. The maximum atomic E-state index is 10.5. The second-order valence-corrected chi connectivity index (χ2v) is 6.77. The van der Waals surface area contributed by atoms with Gasteiger partial charge in [0.05, 0.1) is 6.10 Å². The quantitative estimate of drug-likeness (QED) is 0.792. The summed E-state index contributed by atoms with van der Waals surface area (Å²) in [7, 11) is 0. The molecule has 0 bridgehead atoms. The molecule has 0 saturated heterocycles. The van der Waals surface area contributed by atoms with Gasteiger partial charge in [0.15, 0.2) is 0 Å². The monoisotopic (exact) mass is 346 g/mol. The fourth-order valence-corrected chi connectivity index (χ4v) is 3.67. The highest BCUT2D eigenvalue weighted by atomic mass is 79.9. The summed E-state index contributed by atoms with van der Waals surface area (Å²) in [4.78, 5) is 0. The Balaban J connectivity index is 2.02. The summed E-state index contributed by atoms with van der Waals surface area (Å²) in [5.74, 6) is 0.779. The Hall–Kier alpha value is -1.32. The smallest absolute Gasteiger partial charge is 0.127 e. The van der Waals surface area contributed by atoms with Crippen molar-refractivity contribution in [2.24, 2.45) is 0 Å². The van der Waals surface area contributed by atoms with Gasteiger partial charge >= 0.3 is 0 Å². The molecule has 2 aromatic carbocycles. The lowest BCUT2D eigenvalue weighted by atomic mass is 9.89. The van der Waals surface area contributed by atoms with Gasteiger partial charge in [0.2, 0.25) is 0 Å². The number of halogens is 1. The Morgan fingerprint density at radius 2 is 1.76 bits per heavy atom. The van der Waals surface area contributed by atoms with Gasteiger partial charge in [-0.15, -0.1) is 0 Å². The van der Waals surface area contributed by atoms with Crippen LogP contribution in [0, 0.1) is 20.8 Å². The predicted molar refractivity (Wildman–Crippen MR) is 87.7 cm³/mol. The lowest BCUT2D eigenvalue weighted by Crippen LogP contribution is -2.20. The van der Waals surface area contributed by atoms with E-state index in [9.17, 15) is 5.11 Å². The average molecular weight is 347 g/mol. The summed E-state index contributed by atoms with van der Waals surface area (Å²) in [5.41, 5.74) is 5.78. The Labute approximate surface area is 133 Å². The molecule has 21 heavy (non-hydrogen) atoms. The topological polar surface area (TPSA) is 29.5 Å². The molecule has 2 aromatic rings. The first kappa shape index (κ1) is 14.6. The molecule has 0 aromatic heterocycles. The molecular formula is C18H19BrO2. The van der Waals surface area contributed by atoms with Crippen molar-refractivity contribution in [2.45, 2.75) is 39.4 Å². The van der Waals surface area contributed by atoms with Gasteiger partial charge in [-0.2, -0.15) is 0 Å². The molecule has 1 N–H and O–H groups in total. The molecule has 0 spiro atoms.